The number of aromatic nitrogens is 1. The van der Waals surface area contributed by atoms with Crippen LogP contribution < -0.4 is 5.32 Å². The number of amides is 2. The molecule has 0 atom stereocenters. The highest BCUT2D eigenvalue weighted by molar-refractivity contribution is 6.30. The molecule has 2 aromatic heterocycles. The number of aryl methyl sites for hydroxylation is 1. The number of fused-ring (bicyclic) bond motifs is 1. The van der Waals surface area contributed by atoms with Gasteiger partial charge in [-0.15, -0.1) is 0 Å². The van der Waals surface area contributed by atoms with Gasteiger partial charge >= 0.3 is 0 Å². The SMILES string of the molecule is O=C(CCc1ncc(-c2ccc(Cl)cc2)o1)Nc1c(C(=O)N2CCOCC2)oc2ccccc12. The van der Waals surface area contributed by atoms with Crippen LogP contribution in [0.15, 0.2) is 63.6 Å². The highest BCUT2D eigenvalue weighted by atomic mass is 35.5. The van der Waals surface area contributed by atoms with E-state index in [2.05, 4.69) is 10.3 Å². The van der Waals surface area contributed by atoms with Gasteiger partial charge in [0.15, 0.2) is 11.7 Å². The number of carbonyl (C=O) groups excluding carboxylic acids is 2. The molecule has 34 heavy (non-hydrogen) atoms. The predicted molar refractivity (Wildman–Crippen MR) is 127 cm³/mol. The molecule has 0 unspecified atom stereocenters. The molecule has 1 fully saturated rings. The second kappa shape index (κ2) is 9.70. The van der Waals surface area contributed by atoms with E-state index in [1.54, 1.807) is 29.3 Å². The summed E-state index contributed by atoms with van der Waals surface area (Å²) in [5.41, 5.74) is 1.77. The minimum Gasteiger partial charge on any atom is -0.449 e. The number of anilines is 1. The van der Waals surface area contributed by atoms with Gasteiger partial charge in [0.25, 0.3) is 5.91 Å². The monoisotopic (exact) mass is 479 g/mol. The van der Waals surface area contributed by atoms with Gasteiger partial charge in [0.2, 0.25) is 11.7 Å². The van der Waals surface area contributed by atoms with Gasteiger partial charge in [-0.3, -0.25) is 9.59 Å². The second-order valence-electron chi connectivity index (χ2n) is 7.88. The molecule has 0 spiro atoms. The number of benzene rings is 2. The van der Waals surface area contributed by atoms with Crippen molar-refractivity contribution in [3.63, 3.8) is 0 Å². The van der Waals surface area contributed by atoms with Crippen molar-refractivity contribution in [2.24, 2.45) is 0 Å². The van der Waals surface area contributed by atoms with Gasteiger partial charge in [0, 0.05) is 41.9 Å². The van der Waals surface area contributed by atoms with Crippen LogP contribution in [0, 0.1) is 0 Å². The zero-order valence-corrected chi connectivity index (χ0v) is 19.0. The quantitative estimate of drug-likeness (QED) is 0.427. The van der Waals surface area contributed by atoms with Gasteiger partial charge < -0.3 is 23.8 Å². The molecule has 0 radical (unpaired) electrons. The number of morpholine rings is 1. The molecular formula is C25H22ClN3O5. The minimum absolute atomic E-state index is 0.123. The van der Waals surface area contributed by atoms with Gasteiger partial charge in [-0.05, 0) is 36.4 Å². The highest BCUT2D eigenvalue weighted by Crippen LogP contribution is 2.32. The number of hydrogen-bond donors (Lipinski definition) is 1. The summed E-state index contributed by atoms with van der Waals surface area (Å²) in [6.07, 6.45) is 2.06. The van der Waals surface area contributed by atoms with Gasteiger partial charge in [-0.25, -0.2) is 4.98 Å². The van der Waals surface area contributed by atoms with E-state index in [4.69, 9.17) is 25.2 Å². The summed E-state index contributed by atoms with van der Waals surface area (Å²) in [5, 5.41) is 4.19. The second-order valence-corrected chi connectivity index (χ2v) is 8.32. The fraction of sp³-hybridized carbons (Fsp3) is 0.240. The summed E-state index contributed by atoms with van der Waals surface area (Å²) >= 11 is 5.93. The molecule has 1 saturated heterocycles. The third-order valence-electron chi connectivity index (χ3n) is 5.60. The van der Waals surface area contributed by atoms with Crippen molar-refractivity contribution in [2.45, 2.75) is 12.8 Å². The van der Waals surface area contributed by atoms with Crippen molar-refractivity contribution in [1.82, 2.24) is 9.88 Å². The van der Waals surface area contributed by atoms with Gasteiger partial charge in [-0.2, -0.15) is 0 Å². The normalized spacial score (nSPS) is 13.9. The molecule has 5 rings (SSSR count). The maximum Gasteiger partial charge on any atom is 0.291 e. The molecule has 2 aromatic carbocycles. The minimum atomic E-state index is -0.270. The Morgan fingerprint density at radius 1 is 1.03 bits per heavy atom. The average molecular weight is 480 g/mol. The van der Waals surface area contributed by atoms with E-state index in [1.807, 2.05) is 30.3 Å². The fourth-order valence-corrected chi connectivity index (χ4v) is 3.95. The van der Waals surface area contributed by atoms with E-state index in [0.29, 0.717) is 66.1 Å². The van der Waals surface area contributed by atoms with Crippen molar-refractivity contribution in [1.29, 1.82) is 0 Å². The van der Waals surface area contributed by atoms with Crippen LogP contribution in [0.1, 0.15) is 22.9 Å². The lowest BCUT2D eigenvalue weighted by molar-refractivity contribution is -0.116. The number of nitrogens with zero attached hydrogens (tertiary/aromatic N) is 2. The number of carbonyl (C=O) groups is 2. The summed E-state index contributed by atoms with van der Waals surface area (Å²) in [6, 6.07) is 14.5. The van der Waals surface area contributed by atoms with Crippen molar-refractivity contribution in [3.8, 4) is 11.3 Å². The van der Waals surface area contributed by atoms with Crippen LogP contribution in [0.25, 0.3) is 22.3 Å². The lowest BCUT2D eigenvalue weighted by atomic mass is 10.2. The van der Waals surface area contributed by atoms with E-state index in [1.165, 1.54) is 0 Å². The Hall–Kier alpha value is -3.62. The lowest BCUT2D eigenvalue weighted by Gasteiger charge is -2.26. The summed E-state index contributed by atoms with van der Waals surface area (Å²) < 4.78 is 17.0. The molecule has 3 heterocycles. The Labute approximate surface area is 200 Å². The average Bonchev–Trinajstić information content (AvgIpc) is 3.49. The summed E-state index contributed by atoms with van der Waals surface area (Å²) in [4.78, 5) is 31.9. The van der Waals surface area contributed by atoms with E-state index in [-0.39, 0.29) is 24.0 Å². The van der Waals surface area contributed by atoms with E-state index in [0.717, 1.165) is 5.56 Å². The largest absolute Gasteiger partial charge is 0.449 e. The first kappa shape index (κ1) is 22.2. The highest BCUT2D eigenvalue weighted by Gasteiger charge is 2.27. The molecule has 0 aliphatic carbocycles. The topological polar surface area (TPSA) is 97.8 Å². The van der Waals surface area contributed by atoms with Crippen molar-refractivity contribution < 1.29 is 23.2 Å². The van der Waals surface area contributed by atoms with Crippen LogP contribution in [-0.2, 0) is 16.0 Å². The number of ether oxygens (including phenoxy) is 1. The Morgan fingerprint density at radius 3 is 2.59 bits per heavy atom. The maximum atomic E-state index is 13.1. The van der Waals surface area contributed by atoms with Crippen molar-refractivity contribution in [3.05, 3.63) is 71.4 Å². The molecule has 174 valence electrons. The number of halogens is 1. The molecule has 8 nitrogen and oxygen atoms in total. The Morgan fingerprint density at radius 2 is 1.79 bits per heavy atom. The van der Waals surface area contributed by atoms with Gasteiger partial charge in [0.1, 0.15) is 11.3 Å². The first-order chi connectivity index (χ1) is 16.6. The number of para-hydroxylation sites is 1. The molecule has 9 heteroatoms. The fourth-order valence-electron chi connectivity index (χ4n) is 3.83. The van der Waals surface area contributed by atoms with Crippen LogP contribution in [0.2, 0.25) is 5.02 Å². The summed E-state index contributed by atoms with van der Waals surface area (Å²) in [6.45, 7) is 1.90. The summed E-state index contributed by atoms with van der Waals surface area (Å²) in [7, 11) is 0. The van der Waals surface area contributed by atoms with Crippen LogP contribution in [0.4, 0.5) is 5.69 Å². The number of hydrogen-bond acceptors (Lipinski definition) is 6. The first-order valence-electron chi connectivity index (χ1n) is 11.0. The number of oxazole rings is 1. The predicted octanol–water partition coefficient (Wildman–Crippen LogP) is 4.78. The molecule has 4 aromatic rings. The lowest BCUT2D eigenvalue weighted by Crippen LogP contribution is -2.40. The molecule has 1 aliphatic heterocycles. The van der Waals surface area contributed by atoms with Crippen LogP contribution in [0.3, 0.4) is 0 Å². The number of nitrogens with one attached hydrogen (secondary N) is 1. The third-order valence-corrected chi connectivity index (χ3v) is 5.85. The van der Waals surface area contributed by atoms with E-state index < -0.39 is 0 Å². The molecule has 0 bridgehead atoms. The standard InChI is InChI=1S/C25H22ClN3O5/c26-17-7-5-16(6-8-17)20-15-27-22(33-20)10-9-21(30)28-23-18-3-1-2-4-19(18)34-24(23)25(31)29-11-13-32-14-12-29/h1-8,15H,9-14H2,(H,28,30). The van der Waals surface area contributed by atoms with Crippen LogP contribution in [-0.4, -0.2) is 48.0 Å². The smallest absolute Gasteiger partial charge is 0.291 e. The van der Waals surface area contributed by atoms with Gasteiger partial charge in [-0.1, -0.05) is 23.7 Å². The zero-order chi connectivity index (χ0) is 23.5. The molecule has 2 amide bonds. The molecule has 0 saturated carbocycles. The number of furan rings is 1. The van der Waals surface area contributed by atoms with E-state index >= 15 is 0 Å². The summed E-state index contributed by atoms with van der Waals surface area (Å²) in [5.74, 6) is 0.634. The Bertz CT molecular complexity index is 1320. The Kier molecular flexibility index (Phi) is 6.33. The molecule has 1 aliphatic rings. The first-order valence-corrected chi connectivity index (χ1v) is 11.4. The third kappa shape index (κ3) is 4.69. The van der Waals surface area contributed by atoms with Crippen LogP contribution >= 0.6 is 11.6 Å². The Balaban J connectivity index is 1.30. The van der Waals surface area contributed by atoms with Crippen molar-refractivity contribution >= 4 is 40.1 Å². The zero-order valence-electron chi connectivity index (χ0n) is 18.3. The number of rotatable bonds is 6. The van der Waals surface area contributed by atoms with E-state index in [9.17, 15) is 9.59 Å². The molecule has 1 N–H and O–H groups in total. The van der Waals surface area contributed by atoms with Crippen LogP contribution in [0.5, 0.6) is 0 Å². The molecular weight excluding hydrogens is 458 g/mol. The maximum absolute atomic E-state index is 13.1. The van der Waals surface area contributed by atoms with Crippen molar-refractivity contribution in [2.75, 3.05) is 31.6 Å². The van der Waals surface area contributed by atoms with Gasteiger partial charge in [0.05, 0.1) is 19.4 Å².